The average Bonchev–Trinajstić information content (AvgIpc) is 1.92. The minimum atomic E-state index is -3.71. The first-order valence-electron chi connectivity index (χ1n) is 2.67. The van der Waals surface area contributed by atoms with Crippen molar-refractivity contribution in [1.82, 2.24) is 4.98 Å². The molecule has 7 heteroatoms. The van der Waals surface area contributed by atoms with Gasteiger partial charge in [0.15, 0.2) is 5.03 Å². The van der Waals surface area contributed by atoms with Crippen LogP contribution in [0.4, 0.5) is 0 Å². The van der Waals surface area contributed by atoms with Crippen molar-refractivity contribution in [2.75, 3.05) is 0 Å². The molecule has 0 spiro atoms. The fourth-order valence-electron chi connectivity index (χ4n) is 0.530. The predicted molar refractivity (Wildman–Crippen MR) is 57.7 cm³/mol. The van der Waals surface area contributed by atoms with Crippen LogP contribution in [0, 0.1) is 3.57 Å². The van der Waals surface area contributed by atoms with E-state index in [0.29, 0.717) is 0 Å². The van der Waals surface area contributed by atoms with Gasteiger partial charge in [-0.2, -0.15) is 0 Å². The average molecular weight is 382 g/mol. The lowest BCUT2D eigenvalue weighted by molar-refractivity contribution is 0.606. The normalized spacial score (nSPS) is 11.6. The minimum absolute atomic E-state index is 0.128. The molecule has 12 heavy (non-hydrogen) atoms. The second-order valence-electron chi connectivity index (χ2n) is 1.87. The molecule has 1 rings (SSSR count). The van der Waals surface area contributed by atoms with E-state index in [9.17, 15) is 8.42 Å². The molecule has 0 saturated carbocycles. The Morgan fingerprint density at radius 1 is 1.58 bits per heavy atom. The van der Waals surface area contributed by atoms with E-state index in [-0.39, 0.29) is 5.03 Å². The number of pyridine rings is 1. The van der Waals surface area contributed by atoms with E-state index in [2.05, 4.69) is 20.9 Å². The van der Waals surface area contributed by atoms with Crippen molar-refractivity contribution in [2.24, 2.45) is 0 Å². The Labute approximate surface area is 96.2 Å². The third-order valence-corrected chi connectivity index (χ3v) is 4.50. The molecule has 0 bridgehead atoms. The SMILES string of the molecule is O=S(=O)(Cl)c1cc(I)c(Br)cn1. The minimum Gasteiger partial charge on any atom is -0.242 e. The maximum absolute atomic E-state index is 10.8. The van der Waals surface area contributed by atoms with E-state index >= 15 is 0 Å². The van der Waals surface area contributed by atoms with Gasteiger partial charge in [0.05, 0.1) is 0 Å². The summed E-state index contributed by atoms with van der Waals surface area (Å²) in [5, 5.41) is -0.128. The third kappa shape index (κ3) is 2.54. The molecule has 0 saturated heterocycles. The van der Waals surface area contributed by atoms with Gasteiger partial charge in [-0.05, 0) is 44.6 Å². The molecule has 0 N–H and O–H groups in total. The van der Waals surface area contributed by atoms with Gasteiger partial charge in [-0.3, -0.25) is 0 Å². The molecule has 66 valence electrons. The summed E-state index contributed by atoms with van der Waals surface area (Å²) in [5.41, 5.74) is 0. The van der Waals surface area contributed by atoms with Crippen LogP contribution in [0.5, 0.6) is 0 Å². The lowest BCUT2D eigenvalue weighted by atomic mass is 10.5. The first-order valence-corrected chi connectivity index (χ1v) is 6.85. The first-order chi connectivity index (χ1) is 5.41. The number of halogens is 3. The lowest BCUT2D eigenvalue weighted by Crippen LogP contribution is -1.95. The van der Waals surface area contributed by atoms with E-state index < -0.39 is 9.05 Å². The van der Waals surface area contributed by atoms with Crippen molar-refractivity contribution < 1.29 is 8.42 Å². The van der Waals surface area contributed by atoms with Gasteiger partial charge >= 0.3 is 0 Å². The quantitative estimate of drug-likeness (QED) is 0.554. The smallest absolute Gasteiger partial charge is 0.242 e. The number of rotatable bonds is 1. The van der Waals surface area contributed by atoms with Gasteiger partial charge in [-0.15, -0.1) is 0 Å². The van der Waals surface area contributed by atoms with Gasteiger partial charge in [0.25, 0.3) is 9.05 Å². The van der Waals surface area contributed by atoms with E-state index in [1.807, 2.05) is 22.6 Å². The summed E-state index contributed by atoms with van der Waals surface area (Å²) in [6.07, 6.45) is 1.40. The summed E-state index contributed by atoms with van der Waals surface area (Å²) in [5.74, 6) is 0. The summed E-state index contributed by atoms with van der Waals surface area (Å²) in [4.78, 5) is 3.64. The second kappa shape index (κ2) is 3.77. The van der Waals surface area contributed by atoms with Crippen LogP contribution in [-0.4, -0.2) is 13.4 Å². The highest BCUT2D eigenvalue weighted by Gasteiger charge is 2.12. The Bertz CT molecular complexity index is 408. The molecule has 0 unspecified atom stereocenters. The van der Waals surface area contributed by atoms with Crippen molar-refractivity contribution in [2.45, 2.75) is 5.03 Å². The molecule has 0 amide bonds. The van der Waals surface area contributed by atoms with Crippen LogP contribution in [-0.2, 0) is 9.05 Å². The van der Waals surface area contributed by atoms with E-state index in [4.69, 9.17) is 10.7 Å². The highest BCUT2D eigenvalue weighted by molar-refractivity contribution is 14.1. The Morgan fingerprint density at radius 2 is 2.17 bits per heavy atom. The monoisotopic (exact) mass is 381 g/mol. The Hall–Kier alpha value is 0.600. The highest BCUT2D eigenvalue weighted by Crippen LogP contribution is 2.21. The number of hydrogen-bond acceptors (Lipinski definition) is 3. The zero-order valence-electron chi connectivity index (χ0n) is 5.46. The van der Waals surface area contributed by atoms with Crippen LogP contribution < -0.4 is 0 Å². The highest BCUT2D eigenvalue weighted by atomic mass is 127. The zero-order chi connectivity index (χ0) is 9.35. The molecule has 1 heterocycles. The topological polar surface area (TPSA) is 47.0 Å². The third-order valence-electron chi connectivity index (χ3n) is 1.03. The van der Waals surface area contributed by atoms with Crippen LogP contribution in [0.3, 0.4) is 0 Å². The van der Waals surface area contributed by atoms with Gasteiger partial charge in [0.1, 0.15) is 0 Å². The Kier molecular flexibility index (Phi) is 3.35. The van der Waals surface area contributed by atoms with Crippen molar-refractivity contribution in [3.05, 3.63) is 20.3 Å². The van der Waals surface area contributed by atoms with Crippen LogP contribution in [0.2, 0.25) is 0 Å². The summed E-state index contributed by atoms with van der Waals surface area (Å²) in [6.45, 7) is 0. The van der Waals surface area contributed by atoms with Gasteiger partial charge in [0, 0.05) is 24.9 Å². The number of hydrogen-bond donors (Lipinski definition) is 0. The summed E-state index contributed by atoms with van der Waals surface area (Å²) in [6, 6.07) is 1.40. The van der Waals surface area contributed by atoms with Gasteiger partial charge in [0.2, 0.25) is 0 Å². The first kappa shape index (κ1) is 10.7. The summed E-state index contributed by atoms with van der Waals surface area (Å²) in [7, 11) is 1.37. The summed E-state index contributed by atoms with van der Waals surface area (Å²) < 4.78 is 23.1. The fourth-order valence-corrected chi connectivity index (χ4v) is 2.08. The molecule has 0 radical (unpaired) electrons. The molecule has 0 aliphatic heterocycles. The Morgan fingerprint density at radius 3 is 2.58 bits per heavy atom. The molecule has 1 aromatic heterocycles. The maximum atomic E-state index is 10.8. The molecule has 0 aliphatic rings. The van der Waals surface area contributed by atoms with Crippen LogP contribution in [0.1, 0.15) is 0 Å². The van der Waals surface area contributed by atoms with Crippen LogP contribution in [0.25, 0.3) is 0 Å². The molecule has 0 aliphatic carbocycles. The maximum Gasteiger partial charge on any atom is 0.278 e. The van der Waals surface area contributed by atoms with Crippen molar-refractivity contribution in [3.63, 3.8) is 0 Å². The molecular formula is C5H2BrClINO2S. The Balaban J connectivity index is 3.33. The van der Waals surface area contributed by atoms with E-state index in [0.717, 1.165) is 8.04 Å². The number of aromatic nitrogens is 1. The molecule has 3 nitrogen and oxygen atoms in total. The number of nitrogens with zero attached hydrogens (tertiary/aromatic N) is 1. The standard InChI is InChI=1S/C5H2BrClINO2S/c6-3-2-9-5(1-4(3)8)12(7,10)11/h1-2H. The van der Waals surface area contributed by atoms with Crippen molar-refractivity contribution in [1.29, 1.82) is 0 Å². The molecule has 0 fully saturated rings. The van der Waals surface area contributed by atoms with Gasteiger partial charge < -0.3 is 0 Å². The van der Waals surface area contributed by atoms with Crippen molar-refractivity contribution in [3.8, 4) is 0 Å². The molecular weight excluding hydrogens is 380 g/mol. The predicted octanol–water partition coefficient (Wildman–Crippen LogP) is 2.38. The summed E-state index contributed by atoms with van der Waals surface area (Å²) >= 11 is 5.17. The van der Waals surface area contributed by atoms with E-state index in [1.165, 1.54) is 12.3 Å². The molecule has 0 aromatic carbocycles. The van der Waals surface area contributed by atoms with Crippen LogP contribution in [0.15, 0.2) is 21.8 Å². The molecule has 0 atom stereocenters. The van der Waals surface area contributed by atoms with Gasteiger partial charge in [-0.1, -0.05) is 0 Å². The van der Waals surface area contributed by atoms with E-state index in [1.54, 1.807) is 0 Å². The lowest BCUT2D eigenvalue weighted by Gasteiger charge is -1.97. The van der Waals surface area contributed by atoms with Crippen molar-refractivity contribution >= 4 is 58.3 Å². The second-order valence-corrected chi connectivity index (χ2v) is 6.40. The van der Waals surface area contributed by atoms with Crippen LogP contribution >= 0.6 is 49.2 Å². The fraction of sp³-hybridized carbons (Fsp3) is 0. The zero-order valence-corrected chi connectivity index (χ0v) is 10.8. The molecule has 1 aromatic rings. The largest absolute Gasteiger partial charge is 0.278 e. The van der Waals surface area contributed by atoms with Gasteiger partial charge in [-0.25, -0.2) is 13.4 Å².